The SMILES string of the molecule is CCOc1ccc(NC(=O)CSc2nc3ccccc3c(=O)n2-c2ccccc2F)cc1. The molecule has 0 bridgehead atoms. The summed E-state index contributed by atoms with van der Waals surface area (Å²) in [4.78, 5) is 30.2. The van der Waals surface area contributed by atoms with Gasteiger partial charge in [-0.2, -0.15) is 0 Å². The molecule has 0 fully saturated rings. The molecule has 1 aromatic heterocycles. The standard InChI is InChI=1S/C24H20FN3O3S/c1-2-31-17-13-11-16(12-14-17)26-22(29)15-32-24-27-20-9-5-3-7-18(20)23(30)28(24)21-10-6-4-8-19(21)25/h3-14H,2,15H2,1H3,(H,26,29). The molecule has 4 aromatic rings. The number of fused-ring (bicyclic) bond motifs is 1. The number of hydrogen-bond donors (Lipinski definition) is 1. The molecule has 1 N–H and O–H groups in total. The molecule has 0 radical (unpaired) electrons. The quantitative estimate of drug-likeness (QED) is 0.328. The van der Waals surface area contributed by atoms with Gasteiger partial charge in [0.2, 0.25) is 5.91 Å². The number of nitrogens with one attached hydrogen (secondary N) is 1. The lowest BCUT2D eigenvalue weighted by Gasteiger charge is -2.14. The molecule has 0 aliphatic carbocycles. The predicted molar refractivity (Wildman–Crippen MR) is 124 cm³/mol. The van der Waals surface area contributed by atoms with E-state index >= 15 is 0 Å². The van der Waals surface area contributed by atoms with Crippen LogP contribution < -0.4 is 15.6 Å². The lowest BCUT2D eigenvalue weighted by Crippen LogP contribution is -2.23. The topological polar surface area (TPSA) is 73.2 Å². The van der Waals surface area contributed by atoms with Gasteiger partial charge in [0.05, 0.1) is 29.0 Å². The minimum atomic E-state index is -0.549. The van der Waals surface area contributed by atoms with Gasteiger partial charge in [0.25, 0.3) is 5.56 Å². The molecule has 3 aromatic carbocycles. The van der Waals surface area contributed by atoms with E-state index in [9.17, 15) is 14.0 Å². The lowest BCUT2D eigenvalue weighted by molar-refractivity contribution is -0.113. The van der Waals surface area contributed by atoms with Gasteiger partial charge in [0.15, 0.2) is 5.16 Å². The predicted octanol–water partition coefficient (Wildman–Crippen LogP) is 4.65. The van der Waals surface area contributed by atoms with Crippen molar-refractivity contribution < 1.29 is 13.9 Å². The van der Waals surface area contributed by atoms with Crippen LogP contribution in [0.25, 0.3) is 16.6 Å². The molecular weight excluding hydrogens is 429 g/mol. The van der Waals surface area contributed by atoms with Crippen molar-refractivity contribution in [3.8, 4) is 11.4 Å². The Bertz CT molecular complexity index is 1320. The van der Waals surface area contributed by atoms with Crippen LogP contribution >= 0.6 is 11.8 Å². The average Bonchev–Trinajstić information content (AvgIpc) is 2.80. The van der Waals surface area contributed by atoms with Crippen LogP contribution in [0.1, 0.15) is 6.92 Å². The zero-order valence-electron chi connectivity index (χ0n) is 17.2. The van der Waals surface area contributed by atoms with Gasteiger partial charge in [0.1, 0.15) is 11.6 Å². The van der Waals surface area contributed by atoms with Crippen LogP contribution in [0, 0.1) is 5.82 Å². The van der Waals surface area contributed by atoms with Crippen molar-refractivity contribution in [3.05, 3.63) is 89.0 Å². The highest BCUT2D eigenvalue weighted by molar-refractivity contribution is 7.99. The zero-order chi connectivity index (χ0) is 22.5. The summed E-state index contributed by atoms with van der Waals surface area (Å²) in [6.45, 7) is 2.46. The van der Waals surface area contributed by atoms with Crippen molar-refractivity contribution in [3.63, 3.8) is 0 Å². The number of hydrogen-bond acceptors (Lipinski definition) is 5. The number of anilines is 1. The number of halogens is 1. The molecule has 0 spiro atoms. The van der Waals surface area contributed by atoms with Gasteiger partial charge < -0.3 is 10.1 Å². The zero-order valence-corrected chi connectivity index (χ0v) is 18.1. The number of amides is 1. The summed E-state index contributed by atoms with van der Waals surface area (Å²) in [6, 6.07) is 19.9. The monoisotopic (exact) mass is 449 g/mol. The van der Waals surface area contributed by atoms with Crippen LogP contribution in [0.3, 0.4) is 0 Å². The molecule has 162 valence electrons. The molecule has 0 aliphatic rings. The fourth-order valence-corrected chi connectivity index (χ4v) is 3.99. The number of ether oxygens (including phenoxy) is 1. The second-order valence-electron chi connectivity index (χ2n) is 6.80. The summed E-state index contributed by atoms with van der Waals surface area (Å²) < 4.78 is 21.1. The van der Waals surface area contributed by atoms with E-state index in [-0.39, 0.29) is 22.5 Å². The van der Waals surface area contributed by atoms with Crippen LogP contribution in [-0.2, 0) is 4.79 Å². The number of benzene rings is 3. The van der Waals surface area contributed by atoms with E-state index in [0.717, 1.165) is 11.8 Å². The van der Waals surface area contributed by atoms with Crippen molar-refractivity contribution in [2.75, 3.05) is 17.7 Å². The van der Waals surface area contributed by atoms with E-state index in [4.69, 9.17) is 4.74 Å². The van der Waals surface area contributed by atoms with Crippen LogP contribution in [0.4, 0.5) is 10.1 Å². The molecule has 1 heterocycles. The third-order valence-electron chi connectivity index (χ3n) is 4.62. The Balaban J connectivity index is 1.61. The lowest BCUT2D eigenvalue weighted by atomic mass is 10.2. The molecule has 0 saturated carbocycles. The highest BCUT2D eigenvalue weighted by atomic mass is 32.2. The maximum Gasteiger partial charge on any atom is 0.266 e. The van der Waals surface area contributed by atoms with Gasteiger partial charge in [-0.25, -0.2) is 9.37 Å². The highest BCUT2D eigenvalue weighted by Gasteiger charge is 2.17. The summed E-state index contributed by atoms with van der Waals surface area (Å²) in [5.41, 5.74) is 0.803. The Hall–Kier alpha value is -3.65. The Morgan fingerprint density at radius 3 is 2.53 bits per heavy atom. The molecule has 0 atom stereocenters. The van der Waals surface area contributed by atoms with E-state index < -0.39 is 11.4 Å². The van der Waals surface area contributed by atoms with Gasteiger partial charge in [-0.15, -0.1) is 0 Å². The number of nitrogens with zero attached hydrogens (tertiary/aromatic N) is 2. The van der Waals surface area contributed by atoms with Gasteiger partial charge in [-0.05, 0) is 55.5 Å². The first kappa shape index (κ1) is 21.6. The van der Waals surface area contributed by atoms with Crippen LogP contribution in [0.15, 0.2) is 82.7 Å². The van der Waals surface area contributed by atoms with Crippen molar-refractivity contribution in [2.24, 2.45) is 0 Å². The molecule has 0 unspecified atom stereocenters. The number of aromatic nitrogens is 2. The average molecular weight is 450 g/mol. The van der Waals surface area contributed by atoms with E-state index in [0.29, 0.717) is 28.9 Å². The van der Waals surface area contributed by atoms with E-state index in [1.54, 1.807) is 60.7 Å². The molecule has 32 heavy (non-hydrogen) atoms. The van der Waals surface area contributed by atoms with Crippen molar-refractivity contribution in [1.29, 1.82) is 0 Å². The number of para-hydroxylation sites is 2. The largest absolute Gasteiger partial charge is 0.494 e. The summed E-state index contributed by atoms with van der Waals surface area (Å²) >= 11 is 1.07. The van der Waals surface area contributed by atoms with Gasteiger partial charge >= 0.3 is 0 Å². The van der Waals surface area contributed by atoms with Crippen molar-refractivity contribution in [1.82, 2.24) is 9.55 Å². The van der Waals surface area contributed by atoms with Crippen molar-refractivity contribution >= 4 is 34.3 Å². The number of carbonyl (C=O) groups is 1. The Morgan fingerprint density at radius 1 is 1.06 bits per heavy atom. The Labute approximate surface area is 188 Å². The molecule has 1 amide bonds. The summed E-state index contributed by atoms with van der Waals surface area (Å²) in [6.07, 6.45) is 0. The normalized spacial score (nSPS) is 10.8. The fraction of sp³-hybridized carbons (Fsp3) is 0.125. The number of rotatable bonds is 7. The van der Waals surface area contributed by atoms with Gasteiger partial charge in [-0.1, -0.05) is 36.0 Å². The summed E-state index contributed by atoms with van der Waals surface area (Å²) in [7, 11) is 0. The highest BCUT2D eigenvalue weighted by Crippen LogP contribution is 2.23. The fourth-order valence-electron chi connectivity index (χ4n) is 3.18. The van der Waals surface area contributed by atoms with Crippen LogP contribution in [0.5, 0.6) is 5.75 Å². The first-order valence-corrected chi connectivity index (χ1v) is 11.0. The van der Waals surface area contributed by atoms with E-state index in [1.807, 2.05) is 6.92 Å². The second-order valence-corrected chi connectivity index (χ2v) is 7.74. The molecular formula is C24H20FN3O3S. The second kappa shape index (κ2) is 9.65. The van der Waals surface area contributed by atoms with Gasteiger partial charge in [-0.3, -0.25) is 14.2 Å². The van der Waals surface area contributed by atoms with Gasteiger partial charge in [0, 0.05) is 5.69 Å². The third-order valence-corrected chi connectivity index (χ3v) is 5.56. The first-order chi connectivity index (χ1) is 15.6. The Kier molecular flexibility index (Phi) is 6.51. The minimum Gasteiger partial charge on any atom is -0.494 e. The minimum absolute atomic E-state index is 0.00750. The molecule has 8 heteroatoms. The van der Waals surface area contributed by atoms with E-state index in [1.165, 1.54) is 16.7 Å². The maximum absolute atomic E-state index is 14.5. The summed E-state index contributed by atoms with van der Waals surface area (Å²) in [5.74, 6) is -0.116. The van der Waals surface area contributed by atoms with E-state index in [2.05, 4.69) is 10.3 Å². The number of carbonyl (C=O) groups excluding carboxylic acids is 1. The maximum atomic E-state index is 14.5. The molecule has 0 aliphatic heterocycles. The molecule has 0 saturated heterocycles. The van der Waals surface area contributed by atoms with Crippen LogP contribution in [-0.4, -0.2) is 27.8 Å². The molecule has 4 rings (SSSR count). The smallest absolute Gasteiger partial charge is 0.266 e. The summed E-state index contributed by atoms with van der Waals surface area (Å²) in [5, 5.41) is 3.41. The third kappa shape index (κ3) is 4.65. The van der Waals surface area contributed by atoms with Crippen molar-refractivity contribution in [2.45, 2.75) is 12.1 Å². The first-order valence-electron chi connectivity index (χ1n) is 9.99. The molecule has 6 nitrogen and oxygen atoms in total. The Morgan fingerprint density at radius 2 is 1.78 bits per heavy atom. The van der Waals surface area contributed by atoms with Crippen LogP contribution in [0.2, 0.25) is 0 Å². The number of thioether (sulfide) groups is 1.